The molecule has 1 aliphatic rings. The molecule has 0 bridgehead atoms. The first-order valence-corrected chi connectivity index (χ1v) is 7.85. The quantitative estimate of drug-likeness (QED) is 0.786. The highest BCUT2D eigenvalue weighted by Gasteiger charge is 2.32. The van der Waals surface area contributed by atoms with Crippen LogP contribution in [0, 0.1) is 12.8 Å². The first kappa shape index (κ1) is 14.6. The van der Waals surface area contributed by atoms with Gasteiger partial charge < -0.3 is 4.90 Å². The van der Waals surface area contributed by atoms with Gasteiger partial charge in [0.05, 0.1) is 0 Å². The van der Waals surface area contributed by atoms with Crippen molar-refractivity contribution in [3.63, 3.8) is 0 Å². The van der Waals surface area contributed by atoms with Gasteiger partial charge in [-0.25, -0.2) is 0 Å². The molecule has 0 aliphatic heterocycles. The molecule has 1 aliphatic carbocycles. The molecule has 1 fully saturated rings. The van der Waals surface area contributed by atoms with Crippen molar-refractivity contribution < 1.29 is 4.79 Å². The van der Waals surface area contributed by atoms with E-state index >= 15 is 0 Å². The number of hydrogen-bond acceptors (Lipinski definition) is 1. The topological polar surface area (TPSA) is 20.3 Å². The molecule has 1 saturated carbocycles. The summed E-state index contributed by atoms with van der Waals surface area (Å²) in [4.78, 5) is 14.7. The normalized spacial score (nSPS) is 14.8. The maximum atomic E-state index is 12.6. The van der Waals surface area contributed by atoms with Crippen molar-refractivity contribution >= 4 is 21.8 Å². The Morgan fingerprint density at radius 3 is 2.63 bits per heavy atom. The number of carbonyl (C=O) groups excluding carboxylic acids is 1. The molecule has 3 heteroatoms. The summed E-state index contributed by atoms with van der Waals surface area (Å²) in [7, 11) is 0. The lowest BCUT2D eigenvalue weighted by Gasteiger charge is -2.23. The predicted molar refractivity (Wildman–Crippen MR) is 82.4 cm³/mol. The van der Waals surface area contributed by atoms with Gasteiger partial charge in [-0.2, -0.15) is 0 Å². The van der Waals surface area contributed by atoms with Crippen LogP contribution >= 0.6 is 15.9 Å². The molecular formula is C16H22BrNO. The van der Waals surface area contributed by atoms with Crippen molar-refractivity contribution in [3.05, 3.63) is 33.8 Å². The average molecular weight is 324 g/mol. The van der Waals surface area contributed by atoms with E-state index in [1.165, 1.54) is 0 Å². The second-order valence-corrected chi connectivity index (χ2v) is 6.73. The van der Waals surface area contributed by atoms with Crippen LogP contribution in [-0.2, 0) is 0 Å². The van der Waals surface area contributed by atoms with Crippen molar-refractivity contribution in [3.8, 4) is 0 Å². The Morgan fingerprint density at radius 2 is 2.11 bits per heavy atom. The molecular weight excluding hydrogens is 302 g/mol. The van der Waals surface area contributed by atoms with Crippen LogP contribution in [0.1, 0.15) is 49.0 Å². The molecule has 0 spiro atoms. The van der Waals surface area contributed by atoms with Crippen molar-refractivity contribution in [1.29, 1.82) is 0 Å². The number of aryl methyl sites for hydroxylation is 1. The fourth-order valence-corrected chi connectivity index (χ4v) is 2.50. The van der Waals surface area contributed by atoms with Gasteiger partial charge in [-0.3, -0.25) is 4.79 Å². The van der Waals surface area contributed by atoms with E-state index in [1.54, 1.807) is 0 Å². The third-order valence-corrected chi connectivity index (χ3v) is 4.47. The fourth-order valence-electron chi connectivity index (χ4n) is 2.13. The van der Waals surface area contributed by atoms with Crippen LogP contribution in [0.4, 0.5) is 0 Å². The molecule has 104 valence electrons. The molecule has 2 nitrogen and oxygen atoms in total. The lowest BCUT2D eigenvalue weighted by atomic mass is 10.1. The SMILES string of the molecule is Cc1ccc(C(=O)N(CCC(C)C)C2CC2)cc1Br. The van der Waals surface area contributed by atoms with Gasteiger partial charge in [-0.1, -0.05) is 35.8 Å². The first-order valence-electron chi connectivity index (χ1n) is 7.06. The number of hydrogen-bond donors (Lipinski definition) is 0. The smallest absolute Gasteiger partial charge is 0.254 e. The molecule has 0 radical (unpaired) electrons. The summed E-state index contributed by atoms with van der Waals surface area (Å²) in [6.45, 7) is 7.33. The summed E-state index contributed by atoms with van der Waals surface area (Å²) in [5.41, 5.74) is 1.96. The molecule has 19 heavy (non-hydrogen) atoms. The molecule has 0 unspecified atom stereocenters. The van der Waals surface area contributed by atoms with E-state index in [9.17, 15) is 4.79 Å². The van der Waals surface area contributed by atoms with Crippen LogP contribution in [0.2, 0.25) is 0 Å². The third-order valence-electron chi connectivity index (χ3n) is 3.61. The van der Waals surface area contributed by atoms with E-state index in [1.807, 2.05) is 25.1 Å². The van der Waals surface area contributed by atoms with Crippen LogP contribution in [0.25, 0.3) is 0 Å². The van der Waals surface area contributed by atoms with Crippen molar-refractivity contribution in [2.45, 2.75) is 46.1 Å². The Morgan fingerprint density at radius 1 is 1.42 bits per heavy atom. The molecule has 0 aromatic heterocycles. The average Bonchev–Trinajstić information content (AvgIpc) is 3.16. The van der Waals surface area contributed by atoms with Gasteiger partial charge >= 0.3 is 0 Å². The van der Waals surface area contributed by atoms with Crippen LogP contribution in [0.3, 0.4) is 0 Å². The lowest BCUT2D eigenvalue weighted by molar-refractivity contribution is 0.0735. The monoisotopic (exact) mass is 323 g/mol. The molecule has 0 heterocycles. The Hall–Kier alpha value is -0.830. The second kappa shape index (κ2) is 6.08. The third kappa shape index (κ3) is 3.82. The molecule has 1 amide bonds. The zero-order valence-corrected chi connectivity index (χ0v) is 13.5. The molecule has 0 atom stereocenters. The summed E-state index contributed by atoms with van der Waals surface area (Å²) >= 11 is 3.51. The highest BCUT2D eigenvalue weighted by atomic mass is 79.9. The first-order chi connectivity index (χ1) is 8.99. The second-order valence-electron chi connectivity index (χ2n) is 5.88. The van der Waals surface area contributed by atoms with Gasteiger partial charge in [0, 0.05) is 22.6 Å². The van der Waals surface area contributed by atoms with E-state index in [4.69, 9.17) is 0 Å². The zero-order valence-electron chi connectivity index (χ0n) is 11.9. The molecule has 2 rings (SSSR count). The predicted octanol–water partition coefficient (Wildman–Crippen LogP) is 4.41. The number of carbonyl (C=O) groups is 1. The van der Waals surface area contributed by atoms with Crippen LogP contribution in [-0.4, -0.2) is 23.4 Å². The largest absolute Gasteiger partial charge is 0.336 e. The van der Waals surface area contributed by atoms with Crippen LogP contribution in [0.5, 0.6) is 0 Å². The van der Waals surface area contributed by atoms with Crippen molar-refractivity contribution in [1.82, 2.24) is 4.90 Å². The van der Waals surface area contributed by atoms with E-state index in [0.717, 1.165) is 41.4 Å². The van der Waals surface area contributed by atoms with E-state index in [2.05, 4.69) is 34.7 Å². The number of halogens is 1. The van der Waals surface area contributed by atoms with Crippen LogP contribution in [0.15, 0.2) is 22.7 Å². The Bertz CT molecular complexity index is 466. The minimum Gasteiger partial charge on any atom is -0.336 e. The Balaban J connectivity index is 2.12. The van der Waals surface area contributed by atoms with E-state index in [-0.39, 0.29) is 5.91 Å². The minimum absolute atomic E-state index is 0.184. The number of amides is 1. The van der Waals surface area contributed by atoms with Gasteiger partial charge in [0.1, 0.15) is 0 Å². The van der Waals surface area contributed by atoms with Crippen molar-refractivity contribution in [2.75, 3.05) is 6.54 Å². The van der Waals surface area contributed by atoms with Crippen molar-refractivity contribution in [2.24, 2.45) is 5.92 Å². The molecule has 0 N–H and O–H groups in total. The summed E-state index contributed by atoms with van der Waals surface area (Å²) in [6, 6.07) is 6.37. The Labute approximate surface area is 124 Å². The minimum atomic E-state index is 0.184. The summed E-state index contributed by atoms with van der Waals surface area (Å²) in [5, 5.41) is 0. The number of nitrogens with zero attached hydrogens (tertiary/aromatic N) is 1. The van der Waals surface area contributed by atoms with Gasteiger partial charge in [-0.05, 0) is 49.8 Å². The van der Waals surface area contributed by atoms with E-state index < -0.39 is 0 Å². The van der Waals surface area contributed by atoms with Gasteiger partial charge in [0.25, 0.3) is 5.91 Å². The summed E-state index contributed by atoms with van der Waals surface area (Å²) in [6.07, 6.45) is 3.41. The maximum Gasteiger partial charge on any atom is 0.254 e. The van der Waals surface area contributed by atoms with Gasteiger partial charge in [0.2, 0.25) is 0 Å². The highest BCUT2D eigenvalue weighted by molar-refractivity contribution is 9.10. The Kier molecular flexibility index (Phi) is 4.67. The highest BCUT2D eigenvalue weighted by Crippen LogP contribution is 2.29. The lowest BCUT2D eigenvalue weighted by Crippen LogP contribution is -2.34. The van der Waals surface area contributed by atoms with E-state index in [0.29, 0.717) is 12.0 Å². The molecule has 0 saturated heterocycles. The van der Waals surface area contributed by atoms with Gasteiger partial charge in [0.15, 0.2) is 0 Å². The molecule has 1 aromatic carbocycles. The number of benzene rings is 1. The number of rotatable bonds is 5. The molecule has 1 aromatic rings. The van der Waals surface area contributed by atoms with Gasteiger partial charge in [-0.15, -0.1) is 0 Å². The fraction of sp³-hybridized carbons (Fsp3) is 0.562. The maximum absolute atomic E-state index is 12.6. The summed E-state index contributed by atoms with van der Waals surface area (Å²) in [5.74, 6) is 0.822. The zero-order chi connectivity index (χ0) is 14.0. The standard InChI is InChI=1S/C16H22BrNO/c1-11(2)8-9-18(14-6-7-14)16(19)13-5-4-12(3)15(17)10-13/h4-5,10-11,14H,6-9H2,1-3H3. The summed E-state index contributed by atoms with van der Waals surface area (Å²) < 4.78 is 1.01. The van der Waals surface area contributed by atoms with Crippen LogP contribution < -0.4 is 0 Å².